The second-order valence-electron chi connectivity index (χ2n) is 7.17. The number of carbonyl (C=O) groups is 1. The number of aliphatic carboxylic acids is 1. The largest absolute Gasteiger partial charge is 0.492 e. The number of halogens is 4. The predicted molar refractivity (Wildman–Crippen MR) is 113 cm³/mol. The van der Waals surface area contributed by atoms with Gasteiger partial charge in [-0.25, -0.2) is 21.6 Å². The topological polar surface area (TPSA) is 88.8 Å². The minimum atomic E-state index is -5.08. The number of hydrogen-bond acceptors (Lipinski definition) is 5. The van der Waals surface area contributed by atoms with Crippen LogP contribution in [0.3, 0.4) is 0 Å². The number of hydrogen-bond donors (Lipinski definition) is 1. The number of aryl methyl sites for hydroxylation is 1. The Morgan fingerprint density at radius 1 is 1.15 bits per heavy atom. The molecule has 1 heterocycles. The highest BCUT2D eigenvalue weighted by Crippen LogP contribution is 2.30. The maximum absolute atomic E-state index is 13.6. The number of carboxylic acids is 1. The Balaban J connectivity index is 0.000000479. The summed E-state index contributed by atoms with van der Waals surface area (Å²) in [5, 5.41) is 7.82. The third kappa shape index (κ3) is 6.45. The molecule has 0 saturated carbocycles. The third-order valence-electron chi connectivity index (χ3n) is 4.38. The van der Waals surface area contributed by atoms with Crippen LogP contribution < -0.4 is 4.74 Å². The molecule has 1 aromatic heterocycles. The van der Waals surface area contributed by atoms with Crippen molar-refractivity contribution in [2.24, 2.45) is 0 Å². The van der Waals surface area contributed by atoms with E-state index in [1.807, 2.05) is 25.1 Å². The maximum atomic E-state index is 13.6. The van der Waals surface area contributed by atoms with Gasteiger partial charge in [-0.3, -0.25) is 0 Å². The van der Waals surface area contributed by atoms with E-state index in [0.717, 1.165) is 12.6 Å². The summed E-state index contributed by atoms with van der Waals surface area (Å²) in [6, 6.07) is 10.7. The number of benzene rings is 2. The van der Waals surface area contributed by atoms with E-state index >= 15 is 0 Å². The normalized spacial score (nSPS) is 11.9. The van der Waals surface area contributed by atoms with Crippen LogP contribution in [0.25, 0.3) is 10.9 Å². The van der Waals surface area contributed by atoms with Crippen molar-refractivity contribution in [3.05, 3.63) is 60.0 Å². The molecular weight excluding hydrogens is 468 g/mol. The summed E-state index contributed by atoms with van der Waals surface area (Å²) in [6.45, 7) is 2.89. The van der Waals surface area contributed by atoms with Crippen molar-refractivity contribution >= 4 is 26.9 Å². The molecule has 0 amide bonds. The van der Waals surface area contributed by atoms with Gasteiger partial charge >= 0.3 is 12.1 Å². The number of carboxylic acid groups (broad SMARTS) is 1. The van der Waals surface area contributed by atoms with Crippen molar-refractivity contribution in [1.82, 2.24) is 8.87 Å². The molecule has 0 radical (unpaired) electrons. The number of rotatable bonds is 6. The predicted octanol–water partition coefficient (Wildman–Crippen LogP) is 3.90. The summed E-state index contributed by atoms with van der Waals surface area (Å²) in [4.78, 5) is 10.9. The van der Waals surface area contributed by atoms with Gasteiger partial charge in [-0.15, -0.1) is 0 Å². The summed E-state index contributed by atoms with van der Waals surface area (Å²) in [5.41, 5.74) is 0.989. The van der Waals surface area contributed by atoms with Gasteiger partial charge in [0.2, 0.25) is 0 Å². The average Bonchev–Trinajstić information content (AvgIpc) is 3.15. The van der Waals surface area contributed by atoms with Gasteiger partial charge in [-0.1, -0.05) is 12.1 Å². The van der Waals surface area contributed by atoms with Crippen LogP contribution in [0.4, 0.5) is 17.6 Å². The minimum absolute atomic E-state index is 0.0473. The Bertz CT molecular complexity index is 1240. The Morgan fingerprint density at radius 3 is 2.36 bits per heavy atom. The van der Waals surface area contributed by atoms with Crippen LogP contribution in [-0.2, 0) is 14.8 Å². The van der Waals surface area contributed by atoms with Gasteiger partial charge in [0.1, 0.15) is 18.2 Å². The van der Waals surface area contributed by atoms with Crippen molar-refractivity contribution in [2.75, 3.05) is 27.2 Å². The fourth-order valence-corrected chi connectivity index (χ4v) is 4.33. The van der Waals surface area contributed by atoms with Crippen LogP contribution in [0.2, 0.25) is 0 Å². The van der Waals surface area contributed by atoms with Crippen LogP contribution in [0.15, 0.2) is 53.6 Å². The molecule has 0 atom stereocenters. The van der Waals surface area contributed by atoms with Crippen LogP contribution in [0.1, 0.15) is 5.56 Å². The first kappa shape index (κ1) is 26.1. The lowest BCUT2D eigenvalue weighted by Gasteiger charge is -2.13. The van der Waals surface area contributed by atoms with E-state index in [4.69, 9.17) is 14.6 Å². The highest BCUT2D eigenvalue weighted by atomic mass is 32.2. The van der Waals surface area contributed by atoms with Gasteiger partial charge in [0.05, 0.1) is 10.4 Å². The second kappa shape index (κ2) is 10.2. The fraction of sp³-hybridized carbons (Fsp3) is 0.286. The zero-order chi connectivity index (χ0) is 25.0. The van der Waals surface area contributed by atoms with E-state index in [9.17, 15) is 26.0 Å². The lowest BCUT2D eigenvalue weighted by molar-refractivity contribution is -0.192. The molecule has 0 aliphatic carbocycles. The molecular formula is C21H22F4N2O5S. The molecule has 0 saturated heterocycles. The monoisotopic (exact) mass is 490 g/mol. The third-order valence-corrected chi connectivity index (χ3v) is 6.21. The van der Waals surface area contributed by atoms with Crippen LogP contribution in [-0.4, -0.2) is 61.8 Å². The van der Waals surface area contributed by atoms with Gasteiger partial charge in [0.25, 0.3) is 10.0 Å². The molecule has 2 aromatic carbocycles. The van der Waals surface area contributed by atoms with Gasteiger partial charge in [-0.2, -0.15) is 13.2 Å². The first-order chi connectivity index (χ1) is 15.2. The summed E-state index contributed by atoms with van der Waals surface area (Å²) >= 11 is 0. The highest BCUT2D eigenvalue weighted by molar-refractivity contribution is 7.90. The molecule has 12 heteroatoms. The van der Waals surface area contributed by atoms with Crippen molar-refractivity contribution < 1.29 is 40.6 Å². The molecule has 180 valence electrons. The van der Waals surface area contributed by atoms with Crippen molar-refractivity contribution in [2.45, 2.75) is 18.0 Å². The highest BCUT2D eigenvalue weighted by Gasteiger charge is 2.38. The molecule has 0 aliphatic heterocycles. The number of ether oxygens (including phenoxy) is 1. The molecule has 0 spiro atoms. The van der Waals surface area contributed by atoms with E-state index in [1.165, 1.54) is 22.3 Å². The zero-order valence-corrected chi connectivity index (χ0v) is 18.7. The molecule has 3 rings (SSSR count). The van der Waals surface area contributed by atoms with E-state index in [0.29, 0.717) is 28.8 Å². The summed E-state index contributed by atoms with van der Waals surface area (Å²) in [6.07, 6.45) is -3.61. The molecule has 7 nitrogen and oxygen atoms in total. The number of fused-ring (bicyclic) bond motifs is 1. The number of likely N-dealkylation sites (N-methyl/N-ethyl adjacent to an activating group) is 1. The SMILES string of the molecule is Cc1ccc(F)cc1S(=O)(=O)n1ccc2c(OCCN(C)C)cccc21.O=C(O)C(F)(F)F. The van der Waals surface area contributed by atoms with E-state index in [2.05, 4.69) is 0 Å². The Hall–Kier alpha value is -3.12. The molecule has 0 fully saturated rings. The first-order valence-corrected chi connectivity index (χ1v) is 10.9. The minimum Gasteiger partial charge on any atom is -0.492 e. The standard InChI is InChI=1S/C19H21FN2O3S.C2HF3O2/c1-14-7-8-15(20)13-19(14)26(23,24)22-10-9-16-17(22)5-4-6-18(16)25-12-11-21(2)3;3-2(4,5)1(6)7/h4-10,13H,11-12H2,1-3H3;(H,6,7). The van der Waals surface area contributed by atoms with Crippen LogP contribution in [0.5, 0.6) is 5.75 Å². The molecule has 0 bridgehead atoms. The summed E-state index contributed by atoms with van der Waals surface area (Å²) in [5.74, 6) is -2.72. The van der Waals surface area contributed by atoms with E-state index < -0.39 is 28.0 Å². The molecule has 1 N–H and O–H groups in total. The molecule has 0 unspecified atom stereocenters. The van der Waals surface area contributed by atoms with E-state index in [1.54, 1.807) is 25.1 Å². The Kier molecular flexibility index (Phi) is 8.09. The summed E-state index contributed by atoms with van der Waals surface area (Å²) in [7, 11) is -0.00785. The maximum Gasteiger partial charge on any atom is 0.490 e. The van der Waals surface area contributed by atoms with Crippen molar-refractivity contribution in [3.63, 3.8) is 0 Å². The van der Waals surface area contributed by atoms with Crippen LogP contribution >= 0.6 is 0 Å². The quantitative estimate of drug-likeness (QED) is 0.528. The lowest BCUT2D eigenvalue weighted by Crippen LogP contribution is -2.21. The average molecular weight is 490 g/mol. The fourth-order valence-electron chi connectivity index (χ4n) is 2.75. The van der Waals surface area contributed by atoms with Crippen molar-refractivity contribution in [1.29, 1.82) is 0 Å². The van der Waals surface area contributed by atoms with Gasteiger partial charge in [0, 0.05) is 18.1 Å². The smallest absolute Gasteiger partial charge is 0.490 e. The van der Waals surface area contributed by atoms with Crippen LogP contribution in [0, 0.1) is 12.7 Å². The van der Waals surface area contributed by atoms with Gasteiger partial charge < -0.3 is 14.7 Å². The first-order valence-electron chi connectivity index (χ1n) is 9.44. The van der Waals surface area contributed by atoms with E-state index in [-0.39, 0.29) is 4.90 Å². The number of alkyl halides is 3. The number of aromatic nitrogens is 1. The molecule has 33 heavy (non-hydrogen) atoms. The molecule has 0 aliphatic rings. The Labute approximate surface area is 187 Å². The zero-order valence-electron chi connectivity index (χ0n) is 17.9. The summed E-state index contributed by atoms with van der Waals surface area (Å²) < 4.78 is 78.4. The molecule has 3 aromatic rings. The van der Waals surface area contributed by atoms with Gasteiger partial charge in [-0.05, 0) is 56.9 Å². The second-order valence-corrected chi connectivity index (χ2v) is 8.95. The van der Waals surface area contributed by atoms with Gasteiger partial charge in [0.15, 0.2) is 0 Å². The number of nitrogens with zero attached hydrogens (tertiary/aromatic N) is 2. The lowest BCUT2D eigenvalue weighted by atomic mass is 10.2. The van der Waals surface area contributed by atoms with Crippen molar-refractivity contribution in [3.8, 4) is 5.75 Å². The Morgan fingerprint density at radius 2 is 1.79 bits per heavy atom.